The number of Topliss-reactive ketones (excluding diaryl/α,β-unsaturated/α-hetero) is 1. The second-order valence-corrected chi connectivity index (χ2v) is 4.27. The van der Waals surface area contributed by atoms with Crippen molar-refractivity contribution in [3.8, 4) is 0 Å². The van der Waals surface area contributed by atoms with Crippen LogP contribution in [0, 0.1) is 0 Å². The number of hydrogen-bond acceptors (Lipinski definition) is 5. The number of amides is 1. The second kappa shape index (κ2) is 9.79. The fourth-order valence-electron chi connectivity index (χ4n) is 1.32. The van der Waals surface area contributed by atoms with Crippen LogP contribution in [0.15, 0.2) is 0 Å². The molecule has 0 aromatic carbocycles. The van der Waals surface area contributed by atoms with E-state index in [1.807, 2.05) is 0 Å². The lowest BCUT2D eigenvalue weighted by Crippen LogP contribution is -2.46. The molecule has 118 valence electrons. The molecule has 0 aliphatic rings. The average Bonchev–Trinajstić information content (AvgIpc) is 2.49. The third kappa shape index (κ3) is 7.96. The monoisotopic (exact) mass is 302 g/mol. The van der Waals surface area contributed by atoms with E-state index in [-0.39, 0.29) is 12.8 Å². The van der Waals surface area contributed by atoms with Gasteiger partial charge in [-0.05, 0) is 27.1 Å². The highest BCUT2D eigenvalue weighted by molar-refractivity contribution is 6.25. The molecule has 0 aliphatic heterocycles. The topological polar surface area (TPSA) is 118 Å². The lowest BCUT2D eigenvalue weighted by molar-refractivity contribution is -0.152. The van der Waals surface area contributed by atoms with Crippen molar-refractivity contribution in [2.45, 2.75) is 51.8 Å². The van der Waals surface area contributed by atoms with Crippen LogP contribution in [-0.2, 0) is 23.9 Å². The van der Waals surface area contributed by atoms with E-state index >= 15 is 0 Å². The Labute approximate surface area is 127 Å². The predicted molar refractivity (Wildman–Crippen MR) is 73.6 cm³/mol. The van der Waals surface area contributed by atoms with E-state index in [9.17, 15) is 14.4 Å². The van der Waals surface area contributed by atoms with Crippen molar-refractivity contribution in [3.63, 3.8) is 0 Å². The molecule has 1 amide bonds. The lowest BCUT2D eigenvalue weighted by atomic mass is 10.1. The highest BCUT2D eigenvalue weighted by atomic mass is 16.5. The number of nitrogens with zero attached hydrogens (tertiary/aromatic N) is 2. The number of esters is 1. The molecule has 0 saturated heterocycles. The highest BCUT2D eigenvalue weighted by Gasteiger charge is 2.26. The Morgan fingerprint density at radius 3 is 2.62 bits per heavy atom. The van der Waals surface area contributed by atoms with Crippen molar-refractivity contribution < 1.29 is 32.8 Å². The minimum Gasteiger partial charge on any atom is -0.461 e. The Kier molecular flexibility index (Phi) is 6.49. The molecule has 0 aliphatic carbocycles. The van der Waals surface area contributed by atoms with Gasteiger partial charge in [-0.1, -0.05) is 0 Å². The van der Waals surface area contributed by atoms with Crippen molar-refractivity contribution in [1.82, 2.24) is 5.32 Å². The molecule has 0 aromatic rings. The predicted octanol–water partition coefficient (Wildman–Crippen LogP) is 0.108. The smallest absolute Gasteiger partial charge is 0.328 e. The van der Waals surface area contributed by atoms with Gasteiger partial charge in [0.15, 0.2) is 0 Å². The third-order valence-corrected chi connectivity index (χ3v) is 2.50. The van der Waals surface area contributed by atoms with Crippen LogP contribution >= 0.6 is 0 Å². The van der Waals surface area contributed by atoms with E-state index in [1.165, 1.54) is 21.0 Å². The van der Waals surface area contributed by atoms with Gasteiger partial charge in [0.1, 0.15) is 12.1 Å². The minimum absolute atomic E-state index is 0.153. The van der Waals surface area contributed by atoms with Gasteiger partial charge in [0, 0.05) is 17.6 Å². The van der Waals surface area contributed by atoms with Crippen LogP contribution < -0.4 is 5.32 Å². The van der Waals surface area contributed by atoms with Crippen LogP contribution in [0.3, 0.4) is 0 Å². The summed E-state index contributed by atoms with van der Waals surface area (Å²) < 4.78 is 31.2. The van der Waals surface area contributed by atoms with Gasteiger partial charge in [-0.15, -0.1) is 0 Å². The summed E-state index contributed by atoms with van der Waals surface area (Å²) in [4.78, 5) is 37.8. The van der Waals surface area contributed by atoms with Gasteiger partial charge in [-0.3, -0.25) is 9.59 Å². The summed E-state index contributed by atoms with van der Waals surface area (Å²) in [6.07, 6.45) is -1.94. The van der Waals surface area contributed by atoms with Crippen LogP contribution in [-0.4, -0.2) is 54.0 Å². The van der Waals surface area contributed by atoms with Crippen LogP contribution in [0.2, 0.25) is 0 Å². The molecule has 1 N–H and O–H groups in total. The quantitative estimate of drug-likeness (QED) is 0.280. The molecule has 0 radical (unpaired) electrons. The average molecular weight is 302 g/mol. The zero-order chi connectivity index (χ0) is 18.9. The van der Waals surface area contributed by atoms with Gasteiger partial charge in [-0.25, -0.2) is 4.79 Å². The van der Waals surface area contributed by atoms with Crippen LogP contribution in [0.25, 0.3) is 5.53 Å². The molecular weight excluding hydrogens is 278 g/mol. The van der Waals surface area contributed by atoms with E-state index < -0.39 is 42.8 Å². The van der Waals surface area contributed by atoms with Crippen molar-refractivity contribution in [2.24, 2.45) is 0 Å². The highest BCUT2D eigenvalue weighted by Crippen LogP contribution is 2.04. The number of methoxy groups -OCH3 is 1. The van der Waals surface area contributed by atoms with E-state index in [0.29, 0.717) is 6.21 Å². The molecule has 1 unspecified atom stereocenters. The van der Waals surface area contributed by atoms with Crippen molar-refractivity contribution in [1.29, 1.82) is 0 Å². The fraction of sp³-hybridized carbons (Fsp3) is 0.692. The third-order valence-electron chi connectivity index (χ3n) is 2.50. The van der Waals surface area contributed by atoms with E-state index in [0.717, 1.165) is 0 Å². The molecule has 0 fully saturated rings. The summed E-state index contributed by atoms with van der Waals surface area (Å²) in [6, 6.07) is -1.24. The molecule has 3 atom stereocenters. The van der Waals surface area contributed by atoms with Crippen molar-refractivity contribution in [3.05, 3.63) is 5.53 Å². The van der Waals surface area contributed by atoms with Gasteiger partial charge < -0.3 is 20.3 Å². The van der Waals surface area contributed by atoms with Crippen LogP contribution in [0.1, 0.15) is 37.7 Å². The van der Waals surface area contributed by atoms with Gasteiger partial charge in [0.25, 0.3) is 0 Å². The fourth-order valence-corrected chi connectivity index (χ4v) is 1.32. The maximum Gasteiger partial charge on any atom is 0.328 e. The molecule has 0 aromatic heterocycles. The number of ketones is 1. The number of ether oxygens (including phenoxy) is 2. The SMILES string of the molecule is [2H]C([2H])([2H])C(C)OC(=O)[C@H](CCC(=O)C=[N+]=[N-])NC(=O)[C@H](C)OC. The molecule has 8 heteroatoms. The van der Waals surface area contributed by atoms with Gasteiger partial charge >= 0.3 is 12.2 Å². The second-order valence-electron chi connectivity index (χ2n) is 4.27. The summed E-state index contributed by atoms with van der Waals surface area (Å²) >= 11 is 0. The summed E-state index contributed by atoms with van der Waals surface area (Å²) in [6.45, 7) is 0.140. The Morgan fingerprint density at radius 2 is 2.10 bits per heavy atom. The summed E-state index contributed by atoms with van der Waals surface area (Å²) in [5, 5.41) is 2.34. The van der Waals surface area contributed by atoms with Gasteiger partial charge in [-0.2, -0.15) is 4.79 Å². The molecular formula is C13H21N3O5. The minimum atomic E-state index is -2.51. The Bertz CT molecular complexity index is 517. The van der Waals surface area contributed by atoms with Crippen molar-refractivity contribution in [2.75, 3.05) is 7.11 Å². The van der Waals surface area contributed by atoms with Crippen molar-refractivity contribution >= 4 is 23.9 Å². The summed E-state index contributed by atoms with van der Waals surface area (Å²) in [5.41, 5.74) is 8.28. The van der Waals surface area contributed by atoms with E-state index in [4.69, 9.17) is 19.1 Å². The number of nitrogens with one attached hydrogen (secondary N) is 1. The Morgan fingerprint density at radius 1 is 1.43 bits per heavy atom. The normalized spacial score (nSPS) is 17.0. The summed E-state index contributed by atoms with van der Waals surface area (Å²) in [7, 11) is 1.30. The molecule has 21 heavy (non-hydrogen) atoms. The molecule has 8 nitrogen and oxygen atoms in total. The number of carbonyl (C=O) groups excluding carboxylic acids is 3. The zero-order valence-electron chi connectivity index (χ0n) is 15.2. The zero-order valence-corrected chi connectivity index (χ0v) is 12.2. The maximum atomic E-state index is 12.1. The van der Waals surface area contributed by atoms with E-state index in [1.54, 1.807) is 0 Å². The Hall–Kier alpha value is -2.05. The Balaban J connectivity index is 5.01. The van der Waals surface area contributed by atoms with E-state index in [2.05, 4.69) is 10.1 Å². The molecule has 0 heterocycles. The molecule has 0 bridgehead atoms. The van der Waals surface area contributed by atoms with Crippen LogP contribution in [0.5, 0.6) is 0 Å². The first-order valence-corrected chi connectivity index (χ1v) is 6.26. The largest absolute Gasteiger partial charge is 0.461 e. The van der Waals surface area contributed by atoms with Crippen LogP contribution in [0.4, 0.5) is 0 Å². The first-order valence-electron chi connectivity index (χ1n) is 7.76. The summed E-state index contributed by atoms with van der Waals surface area (Å²) in [5.74, 6) is -2.18. The molecule has 0 spiro atoms. The van der Waals surface area contributed by atoms with Gasteiger partial charge in [0.2, 0.25) is 11.7 Å². The number of carbonyl (C=O) groups is 3. The lowest BCUT2D eigenvalue weighted by Gasteiger charge is -2.20. The molecule has 0 saturated carbocycles. The maximum absolute atomic E-state index is 12.1. The first kappa shape index (κ1) is 13.9. The first-order chi connectivity index (χ1) is 11.0. The standard InChI is InChI=1S/C13H21N3O5/c1-8(2)21-13(19)11(6-5-10(17)7-15-14)16-12(18)9(3)20-4/h7-9,11H,5-6H2,1-4H3,(H,16,18)/t9-,11-/m0/s1/i1D3/t8?,9-,11-. The molecule has 0 rings (SSSR count). The van der Waals surface area contributed by atoms with Gasteiger partial charge in [0.05, 0.1) is 6.10 Å². The number of rotatable bonds is 9. The number of hydrogen-bond donors (Lipinski definition) is 1.